The second-order valence-corrected chi connectivity index (χ2v) is 5.96. The summed E-state index contributed by atoms with van der Waals surface area (Å²) < 4.78 is 6.60. The number of carbonyl (C=O) groups excluding carboxylic acids is 1. The van der Waals surface area contributed by atoms with Crippen LogP contribution in [-0.4, -0.2) is 31.6 Å². The van der Waals surface area contributed by atoms with E-state index in [0.29, 0.717) is 23.8 Å². The number of rotatable bonds is 5. The van der Waals surface area contributed by atoms with E-state index >= 15 is 0 Å². The molecule has 0 bridgehead atoms. The van der Waals surface area contributed by atoms with Crippen molar-refractivity contribution in [1.29, 1.82) is 0 Å². The van der Waals surface area contributed by atoms with Gasteiger partial charge in [-0.25, -0.2) is 0 Å². The van der Waals surface area contributed by atoms with E-state index in [-0.39, 0.29) is 24.4 Å². The molecule has 0 atom stereocenters. The van der Waals surface area contributed by atoms with Crippen molar-refractivity contribution in [3.63, 3.8) is 0 Å². The Morgan fingerprint density at radius 1 is 1.50 bits per heavy atom. The number of halogens is 2. The molecule has 1 aromatic rings. The van der Waals surface area contributed by atoms with Gasteiger partial charge in [0.05, 0.1) is 11.7 Å². The molecule has 0 saturated carbocycles. The third kappa shape index (κ3) is 4.65. The Morgan fingerprint density at radius 3 is 2.75 bits per heavy atom. The molecule has 0 radical (unpaired) electrons. The van der Waals surface area contributed by atoms with Crippen LogP contribution in [0.25, 0.3) is 0 Å². The van der Waals surface area contributed by atoms with Gasteiger partial charge in [0.1, 0.15) is 5.75 Å². The Labute approximate surface area is 134 Å². The molecular formula is C14H20BrClN2O2. The summed E-state index contributed by atoms with van der Waals surface area (Å²) in [4.78, 5) is 12.2. The average Bonchev–Trinajstić information content (AvgIpc) is 2.25. The number of benzene rings is 1. The lowest BCUT2D eigenvalue weighted by atomic mass is 10.0. The van der Waals surface area contributed by atoms with Crippen molar-refractivity contribution in [2.24, 2.45) is 5.92 Å². The van der Waals surface area contributed by atoms with E-state index in [1.165, 1.54) is 0 Å². The summed E-state index contributed by atoms with van der Waals surface area (Å²) in [6.07, 6.45) is 0.0386. The minimum absolute atomic E-state index is 0. The SMILES string of the molecule is CC(C)Oc1cc(Br)ccc1C(=O)NCC1CNC1.Cl. The van der Waals surface area contributed by atoms with Crippen molar-refractivity contribution in [3.05, 3.63) is 28.2 Å². The molecule has 20 heavy (non-hydrogen) atoms. The van der Waals surface area contributed by atoms with Gasteiger partial charge in [-0.1, -0.05) is 15.9 Å². The normalized spacial score (nSPS) is 14.4. The lowest BCUT2D eigenvalue weighted by Gasteiger charge is -2.27. The number of ether oxygens (including phenoxy) is 1. The predicted molar refractivity (Wildman–Crippen MR) is 85.8 cm³/mol. The predicted octanol–water partition coefficient (Wildman–Crippen LogP) is 2.61. The molecule has 2 rings (SSSR count). The molecule has 0 aromatic heterocycles. The molecule has 4 nitrogen and oxygen atoms in total. The zero-order valence-corrected chi connectivity index (χ0v) is 14.0. The van der Waals surface area contributed by atoms with Crippen LogP contribution in [0, 0.1) is 5.92 Å². The fourth-order valence-electron chi connectivity index (χ4n) is 1.86. The summed E-state index contributed by atoms with van der Waals surface area (Å²) in [5.41, 5.74) is 0.587. The minimum atomic E-state index is -0.0740. The standard InChI is InChI=1S/C14H19BrN2O2.ClH/c1-9(2)19-13-5-11(15)3-4-12(13)14(18)17-8-10-6-16-7-10;/h3-5,9-10,16H,6-8H2,1-2H3,(H,17,18);1H. The van der Waals surface area contributed by atoms with Crippen molar-refractivity contribution in [3.8, 4) is 5.75 Å². The second kappa shape index (κ2) is 7.86. The lowest BCUT2D eigenvalue weighted by molar-refractivity contribution is 0.0936. The second-order valence-electron chi connectivity index (χ2n) is 5.04. The van der Waals surface area contributed by atoms with Crippen LogP contribution < -0.4 is 15.4 Å². The van der Waals surface area contributed by atoms with Gasteiger partial charge >= 0.3 is 0 Å². The zero-order chi connectivity index (χ0) is 13.8. The highest BCUT2D eigenvalue weighted by molar-refractivity contribution is 9.10. The van der Waals surface area contributed by atoms with Crippen LogP contribution >= 0.6 is 28.3 Å². The molecular weight excluding hydrogens is 344 g/mol. The molecule has 1 amide bonds. The van der Waals surface area contributed by atoms with E-state index < -0.39 is 0 Å². The average molecular weight is 364 g/mol. The topological polar surface area (TPSA) is 50.4 Å². The van der Waals surface area contributed by atoms with Crippen LogP contribution in [0.3, 0.4) is 0 Å². The number of nitrogens with one attached hydrogen (secondary N) is 2. The lowest BCUT2D eigenvalue weighted by Crippen LogP contribution is -2.48. The van der Waals surface area contributed by atoms with E-state index in [4.69, 9.17) is 4.74 Å². The molecule has 1 aliphatic heterocycles. The molecule has 0 unspecified atom stereocenters. The molecule has 2 N–H and O–H groups in total. The van der Waals surface area contributed by atoms with Gasteiger partial charge in [0.15, 0.2) is 0 Å². The van der Waals surface area contributed by atoms with Crippen LogP contribution in [0.5, 0.6) is 5.75 Å². The van der Waals surface area contributed by atoms with Crippen LogP contribution in [0.4, 0.5) is 0 Å². The summed E-state index contributed by atoms with van der Waals surface area (Å²) in [7, 11) is 0. The van der Waals surface area contributed by atoms with Gasteiger partial charge in [-0.2, -0.15) is 0 Å². The molecule has 0 spiro atoms. The van der Waals surface area contributed by atoms with Gasteiger partial charge in [-0.15, -0.1) is 12.4 Å². The molecule has 112 valence electrons. The molecule has 0 aliphatic carbocycles. The molecule has 1 aromatic carbocycles. The van der Waals surface area contributed by atoms with Crippen molar-refractivity contribution < 1.29 is 9.53 Å². The molecule has 1 aliphatic rings. The van der Waals surface area contributed by atoms with Gasteiger partial charge < -0.3 is 15.4 Å². The highest BCUT2D eigenvalue weighted by Gasteiger charge is 2.19. The van der Waals surface area contributed by atoms with Crippen molar-refractivity contribution in [2.45, 2.75) is 20.0 Å². The summed E-state index contributed by atoms with van der Waals surface area (Å²) in [5, 5.41) is 6.15. The van der Waals surface area contributed by atoms with Gasteiger partial charge in [0.2, 0.25) is 0 Å². The van der Waals surface area contributed by atoms with Gasteiger partial charge in [0, 0.05) is 30.0 Å². The van der Waals surface area contributed by atoms with E-state index in [1.54, 1.807) is 6.07 Å². The fourth-order valence-corrected chi connectivity index (χ4v) is 2.20. The Hall–Kier alpha value is -0.780. The Balaban J connectivity index is 0.00000200. The van der Waals surface area contributed by atoms with E-state index in [2.05, 4.69) is 26.6 Å². The Morgan fingerprint density at radius 2 is 2.20 bits per heavy atom. The van der Waals surface area contributed by atoms with E-state index in [0.717, 1.165) is 17.6 Å². The Kier molecular flexibility index (Phi) is 6.79. The van der Waals surface area contributed by atoms with Gasteiger partial charge in [-0.3, -0.25) is 4.79 Å². The summed E-state index contributed by atoms with van der Waals surface area (Å²) in [6.45, 7) is 6.57. The van der Waals surface area contributed by atoms with E-state index in [9.17, 15) is 4.79 Å². The molecule has 6 heteroatoms. The van der Waals surface area contributed by atoms with Gasteiger partial charge in [-0.05, 0) is 32.0 Å². The maximum atomic E-state index is 12.2. The van der Waals surface area contributed by atoms with Crippen molar-refractivity contribution >= 4 is 34.2 Å². The maximum Gasteiger partial charge on any atom is 0.255 e. The first kappa shape index (κ1) is 17.3. The summed E-state index contributed by atoms with van der Waals surface area (Å²) in [6, 6.07) is 5.48. The van der Waals surface area contributed by atoms with Crippen LogP contribution in [-0.2, 0) is 0 Å². The summed E-state index contributed by atoms with van der Waals surface area (Å²) in [5.74, 6) is 1.09. The van der Waals surface area contributed by atoms with E-state index in [1.807, 2.05) is 26.0 Å². The number of carbonyl (C=O) groups is 1. The molecule has 1 heterocycles. The van der Waals surface area contributed by atoms with Crippen LogP contribution in [0.15, 0.2) is 22.7 Å². The third-order valence-corrected chi connectivity index (χ3v) is 3.46. The zero-order valence-electron chi connectivity index (χ0n) is 11.6. The Bertz CT molecular complexity index is 464. The first-order valence-electron chi connectivity index (χ1n) is 6.51. The highest BCUT2D eigenvalue weighted by Crippen LogP contribution is 2.24. The van der Waals surface area contributed by atoms with Crippen molar-refractivity contribution in [1.82, 2.24) is 10.6 Å². The maximum absolute atomic E-state index is 12.2. The molecule has 1 saturated heterocycles. The largest absolute Gasteiger partial charge is 0.490 e. The monoisotopic (exact) mass is 362 g/mol. The highest BCUT2D eigenvalue weighted by atomic mass is 79.9. The minimum Gasteiger partial charge on any atom is -0.490 e. The summed E-state index contributed by atoms with van der Waals surface area (Å²) >= 11 is 3.40. The van der Waals surface area contributed by atoms with Crippen LogP contribution in [0.2, 0.25) is 0 Å². The van der Waals surface area contributed by atoms with Gasteiger partial charge in [0.25, 0.3) is 5.91 Å². The smallest absolute Gasteiger partial charge is 0.255 e. The fraction of sp³-hybridized carbons (Fsp3) is 0.500. The molecule has 1 fully saturated rings. The van der Waals surface area contributed by atoms with Crippen molar-refractivity contribution in [2.75, 3.05) is 19.6 Å². The number of amides is 1. The first-order chi connectivity index (χ1) is 9.06. The number of hydrogen-bond donors (Lipinski definition) is 2. The first-order valence-corrected chi connectivity index (χ1v) is 7.30. The van der Waals surface area contributed by atoms with Crippen LogP contribution in [0.1, 0.15) is 24.2 Å². The third-order valence-electron chi connectivity index (χ3n) is 2.97. The quantitative estimate of drug-likeness (QED) is 0.845. The number of hydrogen-bond acceptors (Lipinski definition) is 3.